The zero-order valence-electron chi connectivity index (χ0n) is 19.5. The number of nitrogens with zero attached hydrogens (tertiary/aromatic N) is 4. The third-order valence-corrected chi connectivity index (χ3v) is 6.22. The van der Waals surface area contributed by atoms with Gasteiger partial charge in [-0.1, -0.05) is 11.6 Å². The molecule has 2 aromatic carbocycles. The van der Waals surface area contributed by atoms with E-state index in [4.69, 9.17) is 21.4 Å². The van der Waals surface area contributed by atoms with E-state index in [1.165, 1.54) is 17.1 Å². The van der Waals surface area contributed by atoms with Crippen molar-refractivity contribution in [1.82, 2.24) is 25.5 Å². The normalized spacial score (nSPS) is 15.0. The van der Waals surface area contributed by atoms with Crippen LogP contribution in [-0.4, -0.2) is 63.0 Å². The second kappa shape index (κ2) is 12.3. The molecule has 1 aliphatic rings. The number of carbonyl (C=O) groups excluding carboxylic acids is 1. The number of rotatable bonds is 10. The highest BCUT2D eigenvalue weighted by molar-refractivity contribution is 6.30. The van der Waals surface area contributed by atoms with Crippen LogP contribution in [0, 0.1) is 5.92 Å². The standard InChI is InChI=1S/C25H27ClN6O4/c26-20-4-7-23(32-16-28-30-31-32)19(14-20)3-8-24(33)29-22(13-17-9-11-36-12-10-17)15-27-21-5-1-18(2-6-21)25(34)35/h1-8,14,16-17,22,27H,9-13,15H2,(H,29,33)(H,34,35)/b8-3+/t22-/m0/s1. The van der Waals surface area contributed by atoms with Crippen molar-refractivity contribution in [3.05, 3.63) is 71.0 Å². The second-order valence-electron chi connectivity index (χ2n) is 8.55. The van der Waals surface area contributed by atoms with Crippen molar-refractivity contribution < 1.29 is 19.4 Å². The van der Waals surface area contributed by atoms with Crippen LogP contribution in [0.3, 0.4) is 0 Å². The van der Waals surface area contributed by atoms with Crippen LogP contribution >= 0.6 is 11.6 Å². The molecular formula is C25H27ClN6O4. The molecule has 0 saturated carbocycles. The van der Waals surface area contributed by atoms with Crippen molar-refractivity contribution in [2.24, 2.45) is 5.92 Å². The van der Waals surface area contributed by atoms with E-state index in [1.807, 2.05) is 0 Å². The molecule has 3 N–H and O–H groups in total. The van der Waals surface area contributed by atoms with E-state index in [0.717, 1.165) is 38.2 Å². The minimum atomic E-state index is -0.971. The number of halogens is 1. The molecule has 0 unspecified atom stereocenters. The number of nitrogens with one attached hydrogen (secondary N) is 2. The van der Waals surface area contributed by atoms with Gasteiger partial charge in [0.2, 0.25) is 5.91 Å². The maximum Gasteiger partial charge on any atom is 0.335 e. The fraction of sp³-hybridized carbons (Fsp3) is 0.320. The SMILES string of the molecule is O=C(/C=C/c1cc(Cl)ccc1-n1cnnn1)N[C@H](CNc1ccc(C(=O)O)cc1)CC1CCOCC1. The summed E-state index contributed by atoms with van der Waals surface area (Å²) in [4.78, 5) is 24.0. The van der Waals surface area contributed by atoms with Crippen LogP contribution in [0.2, 0.25) is 5.02 Å². The average molecular weight is 511 g/mol. The van der Waals surface area contributed by atoms with Gasteiger partial charge in [0.25, 0.3) is 0 Å². The van der Waals surface area contributed by atoms with E-state index in [-0.39, 0.29) is 17.5 Å². The highest BCUT2D eigenvalue weighted by Gasteiger charge is 2.20. The Labute approximate surface area is 213 Å². The Morgan fingerprint density at radius 2 is 1.97 bits per heavy atom. The number of hydrogen-bond acceptors (Lipinski definition) is 7. The van der Waals surface area contributed by atoms with Crippen molar-refractivity contribution in [1.29, 1.82) is 0 Å². The van der Waals surface area contributed by atoms with Gasteiger partial charge in [-0.25, -0.2) is 4.79 Å². The smallest absolute Gasteiger partial charge is 0.335 e. The first-order valence-electron chi connectivity index (χ1n) is 11.6. The number of hydrogen-bond donors (Lipinski definition) is 3. The summed E-state index contributed by atoms with van der Waals surface area (Å²) >= 11 is 6.17. The van der Waals surface area contributed by atoms with Crippen LogP contribution < -0.4 is 10.6 Å². The molecule has 11 heteroatoms. The van der Waals surface area contributed by atoms with Crippen LogP contribution in [0.25, 0.3) is 11.8 Å². The molecule has 1 aliphatic heterocycles. The van der Waals surface area contributed by atoms with Gasteiger partial charge in [0.1, 0.15) is 6.33 Å². The summed E-state index contributed by atoms with van der Waals surface area (Å²) in [6, 6.07) is 11.6. The first-order chi connectivity index (χ1) is 17.5. The number of tetrazole rings is 1. The molecule has 2 heterocycles. The van der Waals surface area contributed by atoms with E-state index < -0.39 is 5.97 Å². The summed E-state index contributed by atoms with van der Waals surface area (Å²) in [6.45, 7) is 1.95. The van der Waals surface area contributed by atoms with Gasteiger partial charge in [0, 0.05) is 48.1 Å². The maximum absolute atomic E-state index is 12.9. The van der Waals surface area contributed by atoms with Gasteiger partial charge in [-0.05, 0) is 84.1 Å². The summed E-state index contributed by atoms with van der Waals surface area (Å²) in [5.41, 5.74) is 2.40. The first-order valence-corrected chi connectivity index (χ1v) is 12.0. The molecule has 3 aromatic rings. The molecule has 0 radical (unpaired) electrons. The minimum absolute atomic E-state index is 0.136. The first kappa shape index (κ1) is 25.3. The average Bonchev–Trinajstić information content (AvgIpc) is 3.42. The van der Waals surface area contributed by atoms with Crippen LogP contribution in [0.15, 0.2) is 54.9 Å². The summed E-state index contributed by atoms with van der Waals surface area (Å²) in [7, 11) is 0. The van der Waals surface area contributed by atoms with Gasteiger partial charge >= 0.3 is 5.97 Å². The van der Waals surface area contributed by atoms with Crippen LogP contribution in [0.4, 0.5) is 5.69 Å². The van der Waals surface area contributed by atoms with E-state index >= 15 is 0 Å². The lowest BCUT2D eigenvalue weighted by Gasteiger charge is -2.27. The molecule has 1 aromatic heterocycles. The Balaban J connectivity index is 1.43. The molecule has 188 valence electrons. The van der Waals surface area contributed by atoms with Crippen LogP contribution in [-0.2, 0) is 9.53 Å². The number of carboxylic acid groups (broad SMARTS) is 1. The van der Waals surface area contributed by atoms with Crippen LogP contribution in [0.5, 0.6) is 0 Å². The fourth-order valence-corrected chi connectivity index (χ4v) is 4.28. The molecule has 1 fully saturated rings. The van der Waals surface area contributed by atoms with E-state index in [1.54, 1.807) is 48.5 Å². The van der Waals surface area contributed by atoms with Gasteiger partial charge in [0.15, 0.2) is 0 Å². The number of carboxylic acids is 1. The molecule has 0 spiro atoms. The monoisotopic (exact) mass is 510 g/mol. The van der Waals surface area contributed by atoms with Gasteiger partial charge < -0.3 is 20.5 Å². The number of aromatic carboxylic acids is 1. The van der Waals surface area contributed by atoms with Crippen molar-refractivity contribution in [2.75, 3.05) is 25.1 Å². The zero-order chi connectivity index (χ0) is 25.3. The molecule has 10 nitrogen and oxygen atoms in total. The number of amides is 1. The number of carbonyl (C=O) groups is 2. The summed E-state index contributed by atoms with van der Waals surface area (Å²) in [6.07, 6.45) is 7.33. The predicted octanol–water partition coefficient (Wildman–Crippen LogP) is 3.44. The van der Waals surface area contributed by atoms with Crippen molar-refractivity contribution >= 4 is 35.2 Å². The number of anilines is 1. The molecule has 0 bridgehead atoms. The second-order valence-corrected chi connectivity index (χ2v) is 8.99. The molecule has 1 saturated heterocycles. The third-order valence-electron chi connectivity index (χ3n) is 5.99. The topological polar surface area (TPSA) is 131 Å². The lowest BCUT2D eigenvalue weighted by Crippen LogP contribution is -2.41. The van der Waals surface area contributed by atoms with Gasteiger partial charge in [-0.2, -0.15) is 4.68 Å². The Hall–Kier alpha value is -3.76. The summed E-state index contributed by atoms with van der Waals surface area (Å²) in [5, 5.41) is 27.3. The Kier molecular flexibility index (Phi) is 8.64. The van der Waals surface area contributed by atoms with Gasteiger partial charge in [-0.15, -0.1) is 5.10 Å². The lowest BCUT2D eigenvalue weighted by atomic mass is 9.92. The van der Waals surface area contributed by atoms with E-state index in [2.05, 4.69) is 26.2 Å². The Morgan fingerprint density at radius 1 is 1.19 bits per heavy atom. The van der Waals surface area contributed by atoms with Crippen molar-refractivity contribution in [3.63, 3.8) is 0 Å². The van der Waals surface area contributed by atoms with E-state index in [9.17, 15) is 9.59 Å². The van der Waals surface area contributed by atoms with Crippen LogP contribution in [0.1, 0.15) is 35.2 Å². The molecule has 1 atom stereocenters. The molecule has 4 rings (SSSR count). The zero-order valence-corrected chi connectivity index (χ0v) is 20.3. The number of benzene rings is 2. The van der Waals surface area contributed by atoms with Crippen molar-refractivity contribution in [2.45, 2.75) is 25.3 Å². The predicted molar refractivity (Wildman–Crippen MR) is 135 cm³/mol. The quantitative estimate of drug-likeness (QED) is 0.353. The largest absolute Gasteiger partial charge is 0.478 e. The number of ether oxygens (including phenoxy) is 1. The molecule has 1 amide bonds. The highest BCUT2D eigenvalue weighted by Crippen LogP contribution is 2.22. The minimum Gasteiger partial charge on any atom is -0.478 e. The molecular weight excluding hydrogens is 484 g/mol. The number of aromatic nitrogens is 4. The Bertz CT molecular complexity index is 1190. The van der Waals surface area contributed by atoms with Crippen molar-refractivity contribution in [3.8, 4) is 5.69 Å². The lowest BCUT2D eigenvalue weighted by molar-refractivity contribution is -0.117. The summed E-state index contributed by atoms with van der Waals surface area (Å²) in [5.74, 6) is -0.762. The third kappa shape index (κ3) is 7.12. The summed E-state index contributed by atoms with van der Waals surface area (Å²) < 4.78 is 6.97. The van der Waals surface area contributed by atoms with Gasteiger partial charge in [0.05, 0.1) is 11.3 Å². The Morgan fingerprint density at radius 3 is 2.67 bits per heavy atom. The molecule has 36 heavy (non-hydrogen) atoms. The fourth-order valence-electron chi connectivity index (χ4n) is 4.10. The maximum atomic E-state index is 12.9. The van der Waals surface area contributed by atoms with E-state index in [0.29, 0.717) is 28.7 Å². The molecule has 0 aliphatic carbocycles. The van der Waals surface area contributed by atoms with Gasteiger partial charge in [-0.3, -0.25) is 4.79 Å². The highest BCUT2D eigenvalue weighted by atomic mass is 35.5.